The van der Waals surface area contributed by atoms with Crippen LogP contribution in [-0.4, -0.2) is 25.7 Å². The highest BCUT2D eigenvalue weighted by molar-refractivity contribution is 5.89. The number of esters is 1. The van der Waals surface area contributed by atoms with Crippen molar-refractivity contribution in [2.75, 3.05) is 13.7 Å². The number of benzene rings is 4. The second-order valence-electron chi connectivity index (χ2n) is 8.88. The summed E-state index contributed by atoms with van der Waals surface area (Å²) in [7, 11) is 1.40. The van der Waals surface area contributed by atoms with Crippen molar-refractivity contribution in [1.82, 2.24) is 5.32 Å². The molecule has 5 rings (SSSR count). The van der Waals surface area contributed by atoms with Crippen LogP contribution >= 0.6 is 0 Å². The van der Waals surface area contributed by atoms with E-state index < -0.39 is 0 Å². The van der Waals surface area contributed by atoms with Gasteiger partial charge in [-0.2, -0.15) is 0 Å². The first kappa shape index (κ1) is 22.2. The fourth-order valence-electron chi connectivity index (χ4n) is 4.95. The highest BCUT2D eigenvalue weighted by atomic mass is 16.5. The van der Waals surface area contributed by atoms with Gasteiger partial charge < -0.3 is 14.8 Å². The average Bonchev–Trinajstić information content (AvgIpc) is 2.90. The van der Waals surface area contributed by atoms with Crippen LogP contribution in [0.3, 0.4) is 0 Å². The van der Waals surface area contributed by atoms with Gasteiger partial charge in [0.25, 0.3) is 0 Å². The normalized spacial score (nSPS) is 18.1. The van der Waals surface area contributed by atoms with Crippen LogP contribution in [0.2, 0.25) is 0 Å². The summed E-state index contributed by atoms with van der Waals surface area (Å²) >= 11 is 0. The highest BCUT2D eigenvalue weighted by Crippen LogP contribution is 2.40. The van der Waals surface area contributed by atoms with Crippen LogP contribution in [0.5, 0.6) is 5.75 Å². The van der Waals surface area contributed by atoms with E-state index in [4.69, 9.17) is 9.47 Å². The molecule has 0 saturated heterocycles. The Morgan fingerprint density at radius 1 is 0.971 bits per heavy atom. The topological polar surface area (TPSA) is 47.6 Å². The standard InChI is InChI=1S/C30H29NO3/c1-20(25-12-7-9-21-8-3-4-10-26(21)25)31-19-24-18-28(27-11-5-6-13-29(27)34-24)22-14-16-23(17-15-22)30(32)33-2/h3-17,20,24,28,31H,18-19H2,1-2H3/t20?,24-,28-/m1/s1. The number of para-hydroxylation sites is 1. The fourth-order valence-corrected chi connectivity index (χ4v) is 4.95. The monoisotopic (exact) mass is 451 g/mol. The van der Waals surface area contributed by atoms with E-state index in [9.17, 15) is 4.79 Å². The SMILES string of the molecule is COC(=O)c1ccc([C@H]2C[C@H](CNC(C)c3cccc4ccccc34)Oc3ccccc32)cc1. The molecular formula is C30H29NO3. The molecule has 34 heavy (non-hydrogen) atoms. The number of rotatable bonds is 6. The third-order valence-electron chi connectivity index (χ3n) is 6.76. The van der Waals surface area contributed by atoms with Crippen LogP contribution in [0.1, 0.15) is 52.4 Å². The Morgan fingerprint density at radius 2 is 1.71 bits per heavy atom. The van der Waals surface area contributed by atoms with Gasteiger partial charge in [-0.3, -0.25) is 0 Å². The molecule has 4 heteroatoms. The molecule has 1 N–H and O–H groups in total. The summed E-state index contributed by atoms with van der Waals surface area (Å²) in [6.07, 6.45) is 0.904. The van der Waals surface area contributed by atoms with Crippen LogP contribution in [-0.2, 0) is 4.74 Å². The zero-order valence-corrected chi connectivity index (χ0v) is 19.5. The quantitative estimate of drug-likeness (QED) is 0.352. The molecule has 0 spiro atoms. The Hall–Kier alpha value is -3.63. The number of fused-ring (bicyclic) bond motifs is 2. The second kappa shape index (κ2) is 9.70. The van der Waals surface area contributed by atoms with Crippen LogP contribution in [0, 0.1) is 0 Å². The molecule has 0 bridgehead atoms. The summed E-state index contributed by atoms with van der Waals surface area (Å²) in [5, 5.41) is 6.25. The van der Waals surface area contributed by atoms with Crippen molar-refractivity contribution >= 4 is 16.7 Å². The highest BCUT2D eigenvalue weighted by Gasteiger charge is 2.29. The van der Waals surface area contributed by atoms with Gasteiger partial charge in [0, 0.05) is 24.1 Å². The summed E-state index contributed by atoms with van der Waals surface area (Å²) in [6.45, 7) is 2.96. The van der Waals surface area contributed by atoms with Gasteiger partial charge in [0.15, 0.2) is 0 Å². The summed E-state index contributed by atoms with van der Waals surface area (Å²) < 4.78 is 11.2. The number of ether oxygens (including phenoxy) is 2. The minimum absolute atomic E-state index is 0.0395. The largest absolute Gasteiger partial charge is 0.489 e. The molecule has 0 radical (unpaired) electrons. The van der Waals surface area contributed by atoms with Crippen molar-refractivity contribution in [3.05, 3.63) is 113 Å². The summed E-state index contributed by atoms with van der Waals surface area (Å²) in [5.74, 6) is 0.820. The molecule has 1 unspecified atom stereocenters. The maximum Gasteiger partial charge on any atom is 0.337 e. The first-order chi connectivity index (χ1) is 16.6. The van der Waals surface area contributed by atoms with E-state index >= 15 is 0 Å². The Balaban J connectivity index is 1.35. The van der Waals surface area contributed by atoms with E-state index in [2.05, 4.69) is 66.8 Å². The van der Waals surface area contributed by atoms with E-state index in [-0.39, 0.29) is 24.0 Å². The summed E-state index contributed by atoms with van der Waals surface area (Å²) in [4.78, 5) is 11.8. The number of hydrogen-bond donors (Lipinski definition) is 1. The van der Waals surface area contributed by atoms with Gasteiger partial charge in [0.2, 0.25) is 0 Å². The summed E-state index contributed by atoms with van der Waals surface area (Å²) in [6, 6.07) is 31.2. The molecule has 1 aliphatic heterocycles. The van der Waals surface area contributed by atoms with E-state index in [0.717, 1.165) is 18.7 Å². The maximum absolute atomic E-state index is 11.8. The van der Waals surface area contributed by atoms with Crippen LogP contribution in [0.4, 0.5) is 0 Å². The minimum atomic E-state index is -0.316. The lowest BCUT2D eigenvalue weighted by molar-refractivity contribution is 0.0600. The Bertz CT molecular complexity index is 1290. The van der Waals surface area contributed by atoms with Crippen LogP contribution in [0.25, 0.3) is 10.8 Å². The van der Waals surface area contributed by atoms with Gasteiger partial charge in [-0.1, -0.05) is 72.8 Å². The number of carbonyl (C=O) groups is 1. The maximum atomic E-state index is 11.8. The number of methoxy groups -OCH3 is 1. The first-order valence-corrected chi connectivity index (χ1v) is 11.8. The third kappa shape index (κ3) is 4.42. The molecule has 0 aromatic heterocycles. The Kier molecular flexibility index (Phi) is 6.33. The zero-order valence-electron chi connectivity index (χ0n) is 19.5. The molecule has 1 heterocycles. The molecular weight excluding hydrogens is 422 g/mol. The molecule has 0 fully saturated rings. The van der Waals surface area contributed by atoms with Crippen molar-refractivity contribution in [2.45, 2.75) is 31.4 Å². The smallest absolute Gasteiger partial charge is 0.337 e. The number of carbonyl (C=O) groups excluding carboxylic acids is 1. The zero-order chi connectivity index (χ0) is 23.5. The molecule has 0 aliphatic carbocycles. The average molecular weight is 452 g/mol. The van der Waals surface area contributed by atoms with Gasteiger partial charge >= 0.3 is 5.97 Å². The van der Waals surface area contributed by atoms with E-state index in [0.29, 0.717) is 5.56 Å². The molecule has 1 aliphatic rings. The molecule has 4 aromatic rings. The van der Waals surface area contributed by atoms with Crippen molar-refractivity contribution in [1.29, 1.82) is 0 Å². The fraction of sp³-hybridized carbons (Fsp3) is 0.233. The van der Waals surface area contributed by atoms with Gasteiger partial charge in [0.1, 0.15) is 11.9 Å². The van der Waals surface area contributed by atoms with Crippen molar-refractivity contribution < 1.29 is 14.3 Å². The molecule has 0 saturated carbocycles. The lowest BCUT2D eigenvalue weighted by Crippen LogP contribution is -2.37. The molecule has 3 atom stereocenters. The predicted molar refractivity (Wildman–Crippen MR) is 135 cm³/mol. The summed E-state index contributed by atoms with van der Waals surface area (Å²) in [5.41, 5.74) is 4.22. The molecule has 4 nitrogen and oxygen atoms in total. The number of nitrogens with one attached hydrogen (secondary N) is 1. The van der Waals surface area contributed by atoms with Gasteiger partial charge in [-0.05, 0) is 53.4 Å². The van der Waals surface area contributed by atoms with E-state index in [1.807, 2.05) is 36.4 Å². The molecule has 172 valence electrons. The Morgan fingerprint density at radius 3 is 2.53 bits per heavy atom. The molecule has 4 aromatic carbocycles. The lowest BCUT2D eigenvalue weighted by atomic mass is 9.84. The second-order valence-corrected chi connectivity index (χ2v) is 8.88. The van der Waals surface area contributed by atoms with Crippen LogP contribution < -0.4 is 10.1 Å². The lowest BCUT2D eigenvalue weighted by Gasteiger charge is -2.33. The predicted octanol–water partition coefficient (Wildman–Crippen LogP) is 6.26. The van der Waals surface area contributed by atoms with E-state index in [1.165, 1.54) is 34.6 Å². The van der Waals surface area contributed by atoms with Crippen molar-refractivity contribution in [3.63, 3.8) is 0 Å². The van der Waals surface area contributed by atoms with Crippen molar-refractivity contribution in [2.24, 2.45) is 0 Å². The number of hydrogen-bond acceptors (Lipinski definition) is 4. The van der Waals surface area contributed by atoms with Crippen LogP contribution in [0.15, 0.2) is 91.0 Å². The Labute approximate surface area is 200 Å². The van der Waals surface area contributed by atoms with Gasteiger partial charge in [-0.25, -0.2) is 4.79 Å². The van der Waals surface area contributed by atoms with Gasteiger partial charge in [-0.15, -0.1) is 0 Å². The first-order valence-electron chi connectivity index (χ1n) is 11.8. The van der Waals surface area contributed by atoms with Gasteiger partial charge in [0.05, 0.1) is 12.7 Å². The third-order valence-corrected chi connectivity index (χ3v) is 6.76. The van der Waals surface area contributed by atoms with E-state index in [1.54, 1.807) is 0 Å². The molecule has 0 amide bonds. The van der Waals surface area contributed by atoms with Crippen molar-refractivity contribution in [3.8, 4) is 5.75 Å². The minimum Gasteiger partial charge on any atom is -0.489 e.